The molecule has 0 radical (unpaired) electrons. The average molecular weight is 446 g/mol. The number of anilines is 1. The summed E-state index contributed by atoms with van der Waals surface area (Å²) < 4.78 is 15.4. The smallest absolute Gasteiger partial charge is 0.237 e. The third kappa shape index (κ3) is 3.78. The molecule has 3 heterocycles. The van der Waals surface area contributed by atoms with Gasteiger partial charge in [-0.25, -0.2) is 4.39 Å². The highest BCUT2D eigenvalue weighted by molar-refractivity contribution is 7.99. The van der Waals surface area contributed by atoms with Crippen molar-refractivity contribution in [3.63, 3.8) is 0 Å². The van der Waals surface area contributed by atoms with Crippen LogP contribution in [0.1, 0.15) is 12.5 Å². The van der Waals surface area contributed by atoms with Crippen LogP contribution < -0.4 is 4.90 Å². The van der Waals surface area contributed by atoms with Gasteiger partial charge in [0.05, 0.1) is 5.75 Å². The minimum absolute atomic E-state index is 0.0176. The summed E-state index contributed by atoms with van der Waals surface area (Å²) in [6.45, 7) is 2.06. The Labute approximate surface area is 189 Å². The van der Waals surface area contributed by atoms with Gasteiger partial charge in [0.2, 0.25) is 5.91 Å². The number of aromatic nitrogens is 4. The van der Waals surface area contributed by atoms with Gasteiger partial charge in [0.1, 0.15) is 5.82 Å². The second-order valence-corrected chi connectivity index (χ2v) is 8.54. The van der Waals surface area contributed by atoms with E-state index in [1.165, 1.54) is 29.5 Å². The Bertz CT molecular complexity index is 1260. The predicted octanol–water partition coefficient (Wildman–Crippen LogP) is 4.54. The highest BCUT2D eigenvalue weighted by Gasteiger charge is 2.30. The molecule has 2 aromatic heterocycles. The van der Waals surface area contributed by atoms with Crippen molar-refractivity contribution in [1.29, 1.82) is 0 Å². The van der Waals surface area contributed by atoms with Crippen molar-refractivity contribution >= 4 is 23.4 Å². The van der Waals surface area contributed by atoms with Gasteiger partial charge in [-0.1, -0.05) is 30.0 Å². The standard InChI is InChI=1S/C24H20FN5OS/c1-16-13-17-5-2-3-7-21(17)29(16)22(31)15-32-24-28-27-23(18-6-4-12-26-14-18)30(24)20-10-8-19(25)9-11-20/h2-12,14,16H,13,15H2,1H3. The summed E-state index contributed by atoms with van der Waals surface area (Å²) >= 11 is 1.32. The summed E-state index contributed by atoms with van der Waals surface area (Å²) in [5.74, 6) is 0.491. The lowest BCUT2D eigenvalue weighted by atomic mass is 10.1. The molecule has 1 amide bonds. The molecule has 160 valence electrons. The summed E-state index contributed by atoms with van der Waals surface area (Å²) in [5, 5.41) is 9.24. The average Bonchev–Trinajstić information content (AvgIpc) is 3.39. The van der Waals surface area contributed by atoms with E-state index in [9.17, 15) is 9.18 Å². The van der Waals surface area contributed by atoms with Crippen LogP contribution in [0.2, 0.25) is 0 Å². The number of fused-ring (bicyclic) bond motifs is 1. The summed E-state index contributed by atoms with van der Waals surface area (Å²) in [4.78, 5) is 19.2. The molecule has 8 heteroatoms. The van der Waals surface area contributed by atoms with Gasteiger partial charge in [0.25, 0.3) is 0 Å². The molecule has 0 saturated heterocycles. The fourth-order valence-electron chi connectivity index (χ4n) is 4.01. The molecule has 0 saturated carbocycles. The van der Waals surface area contributed by atoms with Gasteiger partial charge >= 0.3 is 0 Å². The fourth-order valence-corrected chi connectivity index (χ4v) is 4.82. The zero-order valence-electron chi connectivity index (χ0n) is 17.4. The van der Waals surface area contributed by atoms with Gasteiger partial charge in [0.15, 0.2) is 11.0 Å². The number of para-hydroxylation sites is 1. The van der Waals surface area contributed by atoms with Crippen molar-refractivity contribution in [2.24, 2.45) is 0 Å². The molecule has 0 spiro atoms. The van der Waals surface area contributed by atoms with Gasteiger partial charge in [-0.05, 0) is 61.4 Å². The molecule has 1 aliphatic heterocycles. The van der Waals surface area contributed by atoms with Crippen molar-refractivity contribution in [3.8, 4) is 17.1 Å². The molecule has 1 aliphatic rings. The van der Waals surface area contributed by atoms with E-state index in [-0.39, 0.29) is 23.5 Å². The molecule has 6 nitrogen and oxygen atoms in total. The zero-order chi connectivity index (χ0) is 22.1. The van der Waals surface area contributed by atoms with Gasteiger partial charge in [-0.15, -0.1) is 10.2 Å². The van der Waals surface area contributed by atoms with E-state index >= 15 is 0 Å². The van der Waals surface area contributed by atoms with Crippen LogP contribution in [-0.2, 0) is 11.2 Å². The van der Waals surface area contributed by atoms with Gasteiger partial charge in [0, 0.05) is 35.4 Å². The van der Waals surface area contributed by atoms with Crippen LogP contribution in [-0.4, -0.2) is 37.5 Å². The number of amides is 1. The van der Waals surface area contributed by atoms with E-state index in [1.807, 2.05) is 39.8 Å². The molecule has 5 rings (SSSR count). The molecule has 32 heavy (non-hydrogen) atoms. The molecular formula is C24H20FN5OS. The van der Waals surface area contributed by atoms with Crippen LogP contribution >= 0.6 is 11.8 Å². The minimum Gasteiger partial charge on any atom is -0.308 e. The molecule has 2 aromatic carbocycles. The SMILES string of the molecule is CC1Cc2ccccc2N1C(=O)CSc1nnc(-c2cccnc2)n1-c1ccc(F)cc1. The van der Waals surface area contributed by atoms with Gasteiger partial charge in [-0.2, -0.15) is 0 Å². The van der Waals surface area contributed by atoms with E-state index in [2.05, 4.69) is 28.2 Å². The van der Waals surface area contributed by atoms with Crippen LogP contribution in [0.25, 0.3) is 17.1 Å². The zero-order valence-corrected chi connectivity index (χ0v) is 18.2. The van der Waals surface area contributed by atoms with Crippen molar-refractivity contribution in [2.75, 3.05) is 10.7 Å². The number of benzene rings is 2. The number of rotatable bonds is 5. The lowest BCUT2D eigenvalue weighted by Gasteiger charge is -2.22. The Hall–Kier alpha value is -3.52. The summed E-state index contributed by atoms with van der Waals surface area (Å²) in [5.41, 5.74) is 3.66. The van der Waals surface area contributed by atoms with Crippen molar-refractivity contribution in [1.82, 2.24) is 19.7 Å². The van der Waals surface area contributed by atoms with Crippen molar-refractivity contribution in [2.45, 2.75) is 24.5 Å². The quantitative estimate of drug-likeness (QED) is 0.422. The third-order valence-corrected chi connectivity index (χ3v) is 6.35. The van der Waals surface area contributed by atoms with Gasteiger partial charge in [-0.3, -0.25) is 14.3 Å². The molecule has 0 aliphatic carbocycles. The van der Waals surface area contributed by atoms with Crippen LogP contribution in [0.15, 0.2) is 78.2 Å². The van der Waals surface area contributed by atoms with E-state index in [1.54, 1.807) is 24.5 Å². The highest BCUT2D eigenvalue weighted by Crippen LogP contribution is 2.33. The summed E-state index contributed by atoms with van der Waals surface area (Å²) in [6, 6.07) is 18.0. The first-order chi connectivity index (χ1) is 15.6. The van der Waals surface area contributed by atoms with E-state index in [0.717, 1.165) is 17.7 Å². The number of carbonyl (C=O) groups excluding carboxylic acids is 1. The topological polar surface area (TPSA) is 63.9 Å². The molecule has 0 bridgehead atoms. The number of halogens is 1. The highest BCUT2D eigenvalue weighted by atomic mass is 32.2. The Morgan fingerprint density at radius 2 is 1.91 bits per heavy atom. The molecule has 0 N–H and O–H groups in total. The number of hydrogen-bond donors (Lipinski definition) is 0. The largest absolute Gasteiger partial charge is 0.308 e. The van der Waals surface area contributed by atoms with Crippen molar-refractivity contribution < 1.29 is 9.18 Å². The van der Waals surface area contributed by atoms with Crippen LogP contribution in [0.5, 0.6) is 0 Å². The first-order valence-corrected chi connectivity index (χ1v) is 11.2. The number of nitrogens with zero attached hydrogens (tertiary/aromatic N) is 5. The molecule has 0 fully saturated rings. The van der Waals surface area contributed by atoms with E-state index < -0.39 is 0 Å². The van der Waals surface area contributed by atoms with Crippen molar-refractivity contribution in [3.05, 3.63) is 84.4 Å². The number of thioether (sulfide) groups is 1. The van der Waals surface area contributed by atoms with Crippen LogP contribution in [0.3, 0.4) is 0 Å². The molecule has 1 unspecified atom stereocenters. The normalized spacial score (nSPS) is 15.1. The third-order valence-electron chi connectivity index (χ3n) is 5.44. The maximum atomic E-state index is 13.5. The summed E-state index contributed by atoms with van der Waals surface area (Å²) in [6.07, 6.45) is 4.24. The number of carbonyl (C=O) groups is 1. The maximum Gasteiger partial charge on any atom is 0.237 e. The first kappa shape index (κ1) is 20.4. The summed E-state index contributed by atoms with van der Waals surface area (Å²) in [7, 11) is 0. The Kier molecular flexibility index (Phi) is 5.45. The van der Waals surface area contributed by atoms with E-state index in [4.69, 9.17) is 0 Å². The predicted molar refractivity (Wildman–Crippen MR) is 122 cm³/mol. The number of hydrogen-bond acceptors (Lipinski definition) is 5. The van der Waals surface area contributed by atoms with Crippen LogP contribution in [0.4, 0.5) is 10.1 Å². The Morgan fingerprint density at radius 3 is 2.69 bits per heavy atom. The van der Waals surface area contributed by atoms with Crippen LogP contribution in [0, 0.1) is 5.82 Å². The maximum absolute atomic E-state index is 13.5. The second kappa shape index (κ2) is 8.55. The Morgan fingerprint density at radius 1 is 1.09 bits per heavy atom. The minimum atomic E-state index is -0.323. The fraction of sp³-hybridized carbons (Fsp3) is 0.167. The lowest BCUT2D eigenvalue weighted by molar-refractivity contribution is -0.116. The molecule has 1 atom stereocenters. The molecule has 4 aromatic rings. The van der Waals surface area contributed by atoms with Gasteiger partial charge < -0.3 is 4.90 Å². The second-order valence-electron chi connectivity index (χ2n) is 7.59. The number of pyridine rings is 1. The monoisotopic (exact) mass is 445 g/mol. The van der Waals surface area contributed by atoms with E-state index in [0.29, 0.717) is 16.7 Å². The Balaban J connectivity index is 1.45. The lowest BCUT2D eigenvalue weighted by Crippen LogP contribution is -2.37. The molecular weight excluding hydrogens is 425 g/mol. The first-order valence-electron chi connectivity index (χ1n) is 10.3.